The Kier molecular flexibility index (Phi) is 6.99. The highest BCUT2D eigenvalue weighted by Gasteiger charge is 2.71. The Hall–Kier alpha value is -2.86. The van der Waals surface area contributed by atoms with Gasteiger partial charge in [0.25, 0.3) is 0 Å². The molecule has 0 aromatic carbocycles. The molecule has 4 rings (SSSR count). The Morgan fingerprint density at radius 1 is 1.13 bits per heavy atom. The summed E-state index contributed by atoms with van der Waals surface area (Å²) in [5.41, 5.74) is 1.81. The molecule has 5 amide bonds. The number of hydrogen-bond acceptors (Lipinski definition) is 5. The number of nitrogens with one attached hydrogen (secondary N) is 3. The first-order valence-corrected chi connectivity index (χ1v) is 13.4. The van der Waals surface area contributed by atoms with Crippen molar-refractivity contribution in [2.45, 2.75) is 84.6 Å². The third-order valence-corrected chi connectivity index (χ3v) is 9.22. The van der Waals surface area contributed by atoms with Gasteiger partial charge in [-0.15, -0.1) is 0 Å². The van der Waals surface area contributed by atoms with Crippen molar-refractivity contribution < 1.29 is 37.1 Å². The smallest absolute Gasteiger partial charge is 0.368 e. The number of halogens is 3. The number of piperidine rings is 1. The number of carbonyl (C=O) groups excluding carboxylic acids is 5. The van der Waals surface area contributed by atoms with E-state index >= 15 is 0 Å². The maximum atomic E-state index is 13.9. The van der Waals surface area contributed by atoms with E-state index in [0.29, 0.717) is 13.0 Å². The Morgan fingerprint density at radius 3 is 2.21 bits per heavy atom. The molecular formula is C26H38F3N5O5. The van der Waals surface area contributed by atoms with Crippen molar-refractivity contribution >= 4 is 29.5 Å². The molecule has 10 nitrogen and oxygen atoms in total. The zero-order valence-corrected chi connectivity index (χ0v) is 22.9. The van der Waals surface area contributed by atoms with E-state index in [0.717, 1.165) is 0 Å². The number of rotatable bonds is 8. The van der Waals surface area contributed by atoms with Gasteiger partial charge in [-0.2, -0.15) is 13.2 Å². The van der Waals surface area contributed by atoms with Crippen LogP contribution in [0.3, 0.4) is 0 Å². The van der Waals surface area contributed by atoms with Gasteiger partial charge in [0.2, 0.25) is 29.5 Å². The van der Waals surface area contributed by atoms with Crippen molar-refractivity contribution in [1.29, 1.82) is 0 Å². The van der Waals surface area contributed by atoms with E-state index < -0.39 is 64.7 Å². The predicted octanol–water partition coefficient (Wildman–Crippen LogP) is 0.839. The van der Waals surface area contributed by atoms with Crippen molar-refractivity contribution in [3.05, 3.63) is 0 Å². The van der Waals surface area contributed by atoms with Crippen LogP contribution >= 0.6 is 0 Å². The fraction of sp³-hybridized carbons (Fsp3) is 0.808. The highest BCUT2D eigenvalue weighted by atomic mass is 19.4. The Balaban J connectivity index is 1.55. The van der Waals surface area contributed by atoms with E-state index in [2.05, 4.69) is 16.0 Å². The topological polar surface area (TPSA) is 151 Å². The lowest BCUT2D eigenvalue weighted by atomic mass is 9.84. The number of hydrogen-bond donors (Lipinski definition) is 4. The number of nitrogens with zero attached hydrogens (tertiary/aromatic N) is 1. The van der Waals surface area contributed by atoms with Crippen LogP contribution in [-0.2, 0) is 24.0 Å². The van der Waals surface area contributed by atoms with Gasteiger partial charge < -0.3 is 26.6 Å². The summed E-state index contributed by atoms with van der Waals surface area (Å²) in [7, 11) is 0. The number of nitrogens with two attached hydrogens (primary N) is 1. The first-order chi connectivity index (χ1) is 17.8. The van der Waals surface area contributed by atoms with Crippen LogP contribution in [-0.4, -0.2) is 71.8 Å². The zero-order valence-electron chi connectivity index (χ0n) is 22.9. The molecule has 13 heteroatoms. The first-order valence-electron chi connectivity index (χ1n) is 13.4. The number of fused-ring (bicyclic) bond motifs is 1. The molecule has 218 valence electrons. The van der Waals surface area contributed by atoms with Crippen molar-refractivity contribution in [3.8, 4) is 0 Å². The normalized spacial score (nSPS) is 30.1. The molecule has 0 aromatic heterocycles. The molecule has 39 heavy (non-hydrogen) atoms. The third-order valence-electron chi connectivity index (χ3n) is 9.22. The molecular weight excluding hydrogens is 519 g/mol. The van der Waals surface area contributed by atoms with Crippen molar-refractivity contribution in [2.24, 2.45) is 39.7 Å². The average molecular weight is 558 g/mol. The minimum absolute atomic E-state index is 0.0191. The molecule has 2 saturated heterocycles. The zero-order chi connectivity index (χ0) is 29.3. The lowest BCUT2D eigenvalue weighted by molar-refractivity contribution is -0.193. The maximum absolute atomic E-state index is 13.9. The second kappa shape index (κ2) is 9.36. The van der Waals surface area contributed by atoms with Crippen LogP contribution in [0.15, 0.2) is 0 Å². The molecule has 2 heterocycles. The summed E-state index contributed by atoms with van der Waals surface area (Å²) >= 11 is 0. The highest BCUT2D eigenvalue weighted by Crippen LogP contribution is 2.65. The standard InChI is InChI=1S/C26H38F3N5O5/c1-23(2,3)17(33-22(39)25(7-8-25)26(27,28)29)21(38)34-11-13-15(24(13,4)5)16(34)20(37)32-14(18(30)35)10-12-6-9-31-19(12)36/h12-17H,6-11H2,1-5H3,(H2,30,35)(H,31,36)(H,32,37)(H,33,39)/t12-,13-,14-,15-,16-,17?/m0/s1. The SMILES string of the molecule is CC(C)(C)C(NC(=O)C1(C(F)(F)F)CC1)C(=O)N1C[C@H]2[C@@H]([C@H]1C(=O)N[C@@H](C[C@@H]1CCNC1=O)C(N)=O)C2(C)C. The van der Waals surface area contributed by atoms with Gasteiger partial charge in [-0.25, -0.2) is 0 Å². The van der Waals surface area contributed by atoms with E-state index in [1.165, 1.54) is 4.90 Å². The number of alkyl halides is 3. The lowest BCUT2D eigenvalue weighted by Gasteiger charge is -2.38. The van der Waals surface area contributed by atoms with Crippen LogP contribution < -0.4 is 21.7 Å². The van der Waals surface area contributed by atoms with E-state index in [-0.39, 0.29) is 49.0 Å². The fourth-order valence-electron chi connectivity index (χ4n) is 6.32. The van der Waals surface area contributed by atoms with Gasteiger partial charge in [-0.05, 0) is 48.3 Å². The molecule has 0 spiro atoms. The number of likely N-dealkylation sites (tertiary alicyclic amines) is 1. The van der Waals surface area contributed by atoms with Crippen LogP contribution in [0, 0.1) is 34.0 Å². The van der Waals surface area contributed by atoms with Gasteiger partial charge in [0.05, 0.1) is 0 Å². The van der Waals surface area contributed by atoms with Crippen molar-refractivity contribution in [1.82, 2.24) is 20.9 Å². The molecule has 0 radical (unpaired) electrons. The van der Waals surface area contributed by atoms with Crippen molar-refractivity contribution in [2.75, 3.05) is 13.1 Å². The second-order valence-corrected chi connectivity index (χ2v) is 13.2. The van der Waals surface area contributed by atoms with Crippen LogP contribution in [0.2, 0.25) is 0 Å². The summed E-state index contributed by atoms with van der Waals surface area (Å²) in [5, 5.41) is 7.67. The van der Waals surface area contributed by atoms with Gasteiger partial charge in [0, 0.05) is 19.0 Å². The van der Waals surface area contributed by atoms with Gasteiger partial charge in [-0.1, -0.05) is 34.6 Å². The molecule has 0 aromatic rings. The summed E-state index contributed by atoms with van der Waals surface area (Å²) in [5.74, 6) is -4.31. The van der Waals surface area contributed by atoms with Crippen molar-refractivity contribution in [3.63, 3.8) is 0 Å². The molecule has 0 bridgehead atoms. The Bertz CT molecular complexity index is 1080. The lowest BCUT2D eigenvalue weighted by Crippen LogP contribution is -2.61. The Morgan fingerprint density at radius 2 is 1.74 bits per heavy atom. The number of carbonyl (C=O) groups is 5. The summed E-state index contributed by atoms with van der Waals surface area (Å²) < 4.78 is 40.8. The maximum Gasteiger partial charge on any atom is 0.403 e. The van der Waals surface area contributed by atoms with E-state index in [1.54, 1.807) is 20.8 Å². The van der Waals surface area contributed by atoms with Crippen LogP contribution in [0.1, 0.15) is 60.3 Å². The highest BCUT2D eigenvalue weighted by molar-refractivity contribution is 5.97. The number of primary amides is 1. The van der Waals surface area contributed by atoms with Crippen LogP contribution in [0.25, 0.3) is 0 Å². The molecule has 6 atom stereocenters. The van der Waals surface area contributed by atoms with Gasteiger partial charge in [0.1, 0.15) is 23.5 Å². The molecule has 5 N–H and O–H groups in total. The Labute approximate surface area is 225 Å². The quantitative estimate of drug-likeness (QED) is 0.349. The van der Waals surface area contributed by atoms with Gasteiger partial charge in [0.15, 0.2) is 0 Å². The summed E-state index contributed by atoms with van der Waals surface area (Å²) in [6.07, 6.45) is -4.89. The molecule has 4 fully saturated rings. The predicted molar refractivity (Wildman–Crippen MR) is 132 cm³/mol. The van der Waals surface area contributed by atoms with E-state index in [4.69, 9.17) is 5.73 Å². The first kappa shape index (κ1) is 29.1. The molecule has 2 aliphatic heterocycles. The molecule has 2 aliphatic carbocycles. The fourth-order valence-corrected chi connectivity index (χ4v) is 6.32. The van der Waals surface area contributed by atoms with Crippen LogP contribution in [0.4, 0.5) is 13.2 Å². The summed E-state index contributed by atoms with van der Waals surface area (Å²) in [6, 6.07) is -3.45. The number of amides is 5. The molecule has 2 saturated carbocycles. The molecule has 4 aliphatic rings. The minimum atomic E-state index is -4.73. The summed E-state index contributed by atoms with van der Waals surface area (Å²) in [4.78, 5) is 65.8. The largest absolute Gasteiger partial charge is 0.403 e. The third kappa shape index (κ3) is 5.08. The average Bonchev–Trinajstić information content (AvgIpc) is 3.58. The van der Waals surface area contributed by atoms with Crippen LogP contribution in [0.5, 0.6) is 0 Å². The van der Waals surface area contributed by atoms with E-state index in [1.807, 2.05) is 13.8 Å². The monoisotopic (exact) mass is 557 g/mol. The minimum Gasteiger partial charge on any atom is -0.368 e. The van der Waals surface area contributed by atoms with Gasteiger partial charge >= 0.3 is 6.18 Å². The molecule has 1 unspecified atom stereocenters. The second-order valence-electron chi connectivity index (χ2n) is 13.2. The van der Waals surface area contributed by atoms with E-state index in [9.17, 15) is 37.1 Å². The summed E-state index contributed by atoms with van der Waals surface area (Å²) in [6.45, 7) is 9.47. The van der Waals surface area contributed by atoms with Gasteiger partial charge in [-0.3, -0.25) is 24.0 Å².